The van der Waals surface area contributed by atoms with E-state index in [1.54, 1.807) is 7.05 Å². The highest BCUT2D eigenvalue weighted by Gasteiger charge is 2.32. The number of carbonyl (C=O) groups excluding carboxylic acids is 1. The molecular formula is C14H20N2O3S. The fraction of sp³-hybridized carbons (Fsp3) is 0.500. The zero-order chi connectivity index (χ0) is 14.9. The molecule has 0 radical (unpaired) electrons. The highest BCUT2D eigenvalue weighted by Crippen LogP contribution is 2.20. The van der Waals surface area contributed by atoms with Gasteiger partial charge in [0.15, 0.2) is 9.84 Å². The predicted molar refractivity (Wildman–Crippen MR) is 79.8 cm³/mol. The summed E-state index contributed by atoms with van der Waals surface area (Å²) in [4.78, 5) is 13.7. The molecule has 1 aromatic rings. The van der Waals surface area contributed by atoms with E-state index in [0.29, 0.717) is 6.42 Å². The van der Waals surface area contributed by atoms with Crippen LogP contribution in [0.2, 0.25) is 0 Å². The molecule has 5 nitrogen and oxygen atoms in total. The smallest absolute Gasteiger partial charge is 0.321 e. The van der Waals surface area contributed by atoms with Gasteiger partial charge in [0.25, 0.3) is 0 Å². The van der Waals surface area contributed by atoms with Gasteiger partial charge in [-0.05, 0) is 31.9 Å². The molecule has 1 heterocycles. The summed E-state index contributed by atoms with van der Waals surface area (Å²) >= 11 is 0. The van der Waals surface area contributed by atoms with Gasteiger partial charge in [-0.25, -0.2) is 13.2 Å². The Bertz CT molecular complexity index is 625. The van der Waals surface area contributed by atoms with Crippen molar-refractivity contribution >= 4 is 21.6 Å². The standard InChI is InChI=1S/C14H20N2O3S/c1-10-4-5-13(11(2)8-10)15-14(17)16(3)12-6-7-20(18,19)9-12/h4-5,8,12H,6-7,9H2,1-3H3,(H,15,17). The van der Waals surface area contributed by atoms with Crippen molar-refractivity contribution in [1.29, 1.82) is 0 Å². The number of benzene rings is 1. The number of sulfone groups is 1. The van der Waals surface area contributed by atoms with Gasteiger partial charge >= 0.3 is 6.03 Å². The lowest BCUT2D eigenvalue weighted by atomic mass is 10.1. The number of rotatable bonds is 2. The molecular weight excluding hydrogens is 276 g/mol. The summed E-state index contributed by atoms with van der Waals surface area (Å²) in [5.41, 5.74) is 2.88. The van der Waals surface area contributed by atoms with Gasteiger partial charge < -0.3 is 10.2 Å². The van der Waals surface area contributed by atoms with Crippen molar-refractivity contribution in [1.82, 2.24) is 4.90 Å². The zero-order valence-corrected chi connectivity index (χ0v) is 12.8. The van der Waals surface area contributed by atoms with Gasteiger partial charge in [-0.3, -0.25) is 0 Å². The summed E-state index contributed by atoms with van der Waals surface area (Å²) in [5, 5.41) is 2.83. The molecule has 0 saturated carbocycles. The number of nitrogens with one attached hydrogen (secondary N) is 1. The summed E-state index contributed by atoms with van der Waals surface area (Å²) in [6, 6.07) is 5.30. The van der Waals surface area contributed by atoms with Crippen molar-refractivity contribution in [2.45, 2.75) is 26.3 Å². The van der Waals surface area contributed by atoms with Gasteiger partial charge in [0.05, 0.1) is 11.5 Å². The summed E-state index contributed by atoms with van der Waals surface area (Å²) in [5.74, 6) is 0.225. The lowest BCUT2D eigenvalue weighted by Gasteiger charge is -2.24. The second kappa shape index (κ2) is 5.44. The molecule has 2 amide bonds. The molecule has 1 aromatic carbocycles. The lowest BCUT2D eigenvalue weighted by molar-refractivity contribution is 0.209. The average molecular weight is 296 g/mol. The van der Waals surface area contributed by atoms with Gasteiger partial charge in [-0.15, -0.1) is 0 Å². The largest absolute Gasteiger partial charge is 0.324 e. The van der Waals surface area contributed by atoms with Crippen LogP contribution >= 0.6 is 0 Å². The van der Waals surface area contributed by atoms with Crippen LogP contribution in [0.5, 0.6) is 0 Å². The first-order chi connectivity index (χ1) is 9.28. The molecule has 0 aliphatic carbocycles. The van der Waals surface area contributed by atoms with Gasteiger partial charge in [-0.1, -0.05) is 17.7 Å². The summed E-state index contributed by atoms with van der Waals surface area (Å²) in [7, 11) is -1.34. The van der Waals surface area contributed by atoms with Crippen LogP contribution < -0.4 is 5.32 Å². The summed E-state index contributed by atoms with van der Waals surface area (Å²) < 4.78 is 22.9. The third kappa shape index (κ3) is 3.30. The van der Waals surface area contributed by atoms with Crippen molar-refractivity contribution in [3.05, 3.63) is 29.3 Å². The molecule has 2 rings (SSSR count). The third-order valence-electron chi connectivity index (χ3n) is 3.70. The maximum atomic E-state index is 12.2. The first kappa shape index (κ1) is 14.8. The highest BCUT2D eigenvalue weighted by atomic mass is 32.2. The SMILES string of the molecule is Cc1ccc(NC(=O)N(C)C2CCS(=O)(=O)C2)c(C)c1. The Hall–Kier alpha value is -1.56. The number of urea groups is 1. The zero-order valence-electron chi connectivity index (χ0n) is 12.0. The number of nitrogens with zero attached hydrogens (tertiary/aromatic N) is 1. The normalized spacial score (nSPS) is 20.6. The molecule has 1 aliphatic rings. The van der Waals surface area contributed by atoms with Crippen LogP contribution in [0.3, 0.4) is 0 Å². The van der Waals surface area contributed by atoms with Crippen molar-refractivity contribution in [2.75, 3.05) is 23.9 Å². The number of carbonyl (C=O) groups is 1. The monoisotopic (exact) mass is 296 g/mol. The Morgan fingerprint density at radius 1 is 1.35 bits per heavy atom. The summed E-state index contributed by atoms with van der Waals surface area (Å²) in [6.07, 6.45) is 0.513. The van der Waals surface area contributed by atoms with E-state index in [4.69, 9.17) is 0 Å². The van der Waals surface area contributed by atoms with Crippen LogP contribution in [-0.4, -0.2) is 43.9 Å². The molecule has 6 heteroatoms. The topological polar surface area (TPSA) is 66.5 Å². The molecule has 0 bridgehead atoms. The minimum absolute atomic E-state index is 0.0593. The Kier molecular flexibility index (Phi) is 4.04. The van der Waals surface area contributed by atoms with Crippen LogP contribution in [0.4, 0.5) is 10.5 Å². The number of hydrogen-bond acceptors (Lipinski definition) is 3. The summed E-state index contributed by atoms with van der Waals surface area (Å²) in [6.45, 7) is 3.93. The van der Waals surface area contributed by atoms with Crippen LogP contribution in [-0.2, 0) is 9.84 Å². The van der Waals surface area contributed by atoms with E-state index in [1.165, 1.54) is 4.90 Å². The maximum Gasteiger partial charge on any atom is 0.321 e. The van der Waals surface area contributed by atoms with E-state index in [-0.39, 0.29) is 23.6 Å². The number of hydrogen-bond donors (Lipinski definition) is 1. The second-order valence-electron chi connectivity index (χ2n) is 5.42. The molecule has 110 valence electrons. The van der Waals surface area contributed by atoms with Crippen molar-refractivity contribution in [3.8, 4) is 0 Å². The second-order valence-corrected chi connectivity index (χ2v) is 7.65. The van der Waals surface area contributed by atoms with E-state index in [2.05, 4.69) is 5.32 Å². The van der Waals surface area contributed by atoms with E-state index in [9.17, 15) is 13.2 Å². The fourth-order valence-corrected chi connectivity index (χ4v) is 4.18. The molecule has 1 aliphatic heterocycles. The number of aryl methyl sites for hydroxylation is 2. The first-order valence-corrected chi connectivity index (χ1v) is 8.42. The maximum absolute atomic E-state index is 12.2. The molecule has 1 fully saturated rings. The number of anilines is 1. The van der Waals surface area contributed by atoms with Gasteiger partial charge in [0.2, 0.25) is 0 Å². The van der Waals surface area contributed by atoms with E-state index in [0.717, 1.165) is 16.8 Å². The first-order valence-electron chi connectivity index (χ1n) is 6.60. The van der Waals surface area contributed by atoms with Gasteiger partial charge in [0, 0.05) is 18.8 Å². The van der Waals surface area contributed by atoms with Crippen LogP contribution in [0.25, 0.3) is 0 Å². The minimum Gasteiger partial charge on any atom is -0.324 e. The minimum atomic E-state index is -2.98. The van der Waals surface area contributed by atoms with Gasteiger partial charge in [0.1, 0.15) is 0 Å². The van der Waals surface area contributed by atoms with Crippen molar-refractivity contribution in [2.24, 2.45) is 0 Å². The van der Waals surface area contributed by atoms with E-state index >= 15 is 0 Å². The Morgan fingerprint density at radius 3 is 2.60 bits per heavy atom. The molecule has 0 aromatic heterocycles. The molecule has 1 N–H and O–H groups in total. The van der Waals surface area contributed by atoms with Crippen LogP contribution in [0, 0.1) is 13.8 Å². The quantitative estimate of drug-likeness (QED) is 0.907. The van der Waals surface area contributed by atoms with Crippen LogP contribution in [0.15, 0.2) is 18.2 Å². The van der Waals surface area contributed by atoms with E-state index < -0.39 is 9.84 Å². The Balaban J connectivity index is 2.05. The van der Waals surface area contributed by atoms with Crippen LogP contribution in [0.1, 0.15) is 17.5 Å². The third-order valence-corrected chi connectivity index (χ3v) is 5.45. The molecule has 1 unspecified atom stereocenters. The molecule has 20 heavy (non-hydrogen) atoms. The molecule has 1 saturated heterocycles. The number of amides is 2. The fourth-order valence-electron chi connectivity index (χ4n) is 2.40. The van der Waals surface area contributed by atoms with Crippen molar-refractivity contribution in [3.63, 3.8) is 0 Å². The molecule has 1 atom stereocenters. The van der Waals surface area contributed by atoms with Crippen molar-refractivity contribution < 1.29 is 13.2 Å². The average Bonchev–Trinajstić information content (AvgIpc) is 2.72. The lowest BCUT2D eigenvalue weighted by Crippen LogP contribution is -2.40. The van der Waals surface area contributed by atoms with E-state index in [1.807, 2.05) is 32.0 Å². The predicted octanol–water partition coefficient (Wildman–Crippen LogP) is 1.95. The molecule has 0 spiro atoms. The highest BCUT2D eigenvalue weighted by molar-refractivity contribution is 7.91. The Labute approximate surface area is 119 Å². The van der Waals surface area contributed by atoms with Gasteiger partial charge in [-0.2, -0.15) is 0 Å². The Morgan fingerprint density at radius 2 is 2.05 bits per heavy atom.